The topological polar surface area (TPSA) is 37.5 Å². The first kappa shape index (κ1) is 15.0. The number of hydrogen-bond donors (Lipinski definition) is 1. The third kappa shape index (κ3) is 7.29. The lowest BCUT2D eigenvalue weighted by Crippen LogP contribution is -3.11. The maximum Gasteiger partial charge on any atom is 0.139 e. The van der Waals surface area contributed by atoms with Crippen LogP contribution in [0.2, 0.25) is 0 Å². The van der Waals surface area contributed by atoms with Gasteiger partial charge >= 0.3 is 0 Å². The van der Waals surface area contributed by atoms with Crippen LogP contribution in [-0.4, -0.2) is 31.8 Å². The van der Waals surface area contributed by atoms with Gasteiger partial charge in [-0.1, -0.05) is 5.92 Å². The van der Waals surface area contributed by atoms with Crippen LogP contribution in [0.1, 0.15) is 34.1 Å². The molecule has 0 bridgehead atoms. The van der Waals surface area contributed by atoms with Gasteiger partial charge in [-0.15, -0.1) is 0 Å². The van der Waals surface area contributed by atoms with Crippen LogP contribution in [0.15, 0.2) is 0 Å². The highest BCUT2D eigenvalue weighted by atomic mass is 16.5. The van der Waals surface area contributed by atoms with Crippen LogP contribution in [0, 0.1) is 23.2 Å². The minimum absolute atomic E-state index is 0.423. The SMILES string of the molecule is CC[NH+](CC)CC#CC(C)(C)OCCC#N. The minimum Gasteiger partial charge on any atom is -0.362 e. The number of quaternary nitrogens is 1. The van der Waals surface area contributed by atoms with Gasteiger partial charge in [0.15, 0.2) is 0 Å². The molecule has 3 heteroatoms. The van der Waals surface area contributed by atoms with E-state index in [4.69, 9.17) is 10.00 Å². The average Bonchev–Trinajstić information content (AvgIpc) is 2.24. The molecular formula is C13H23N2O+. The van der Waals surface area contributed by atoms with Crippen molar-refractivity contribution in [1.82, 2.24) is 0 Å². The molecule has 0 amide bonds. The number of hydrogen-bond acceptors (Lipinski definition) is 2. The second-order valence-electron chi connectivity index (χ2n) is 4.20. The van der Waals surface area contributed by atoms with Crippen molar-refractivity contribution < 1.29 is 9.64 Å². The monoisotopic (exact) mass is 223 g/mol. The Hall–Kier alpha value is -1.03. The van der Waals surface area contributed by atoms with E-state index in [2.05, 4.69) is 31.8 Å². The third-order valence-corrected chi connectivity index (χ3v) is 2.40. The summed E-state index contributed by atoms with van der Waals surface area (Å²) in [7, 11) is 0. The molecule has 16 heavy (non-hydrogen) atoms. The zero-order valence-electron chi connectivity index (χ0n) is 10.9. The van der Waals surface area contributed by atoms with E-state index in [-0.39, 0.29) is 0 Å². The molecule has 1 N–H and O–H groups in total. The summed E-state index contributed by atoms with van der Waals surface area (Å²) in [4.78, 5) is 1.47. The molecule has 0 unspecified atom stereocenters. The largest absolute Gasteiger partial charge is 0.362 e. The van der Waals surface area contributed by atoms with E-state index in [1.165, 1.54) is 4.90 Å². The van der Waals surface area contributed by atoms with E-state index >= 15 is 0 Å². The molecule has 0 aromatic rings. The predicted molar refractivity (Wildman–Crippen MR) is 64.9 cm³/mol. The van der Waals surface area contributed by atoms with Gasteiger partial charge in [-0.05, 0) is 33.6 Å². The van der Waals surface area contributed by atoms with Gasteiger partial charge in [-0.3, -0.25) is 0 Å². The second kappa shape index (κ2) is 8.16. The molecule has 0 aliphatic carbocycles. The summed E-state index contributed by atoms with van der Waals surface area (Å²) < 4.78 is 5.51. The van der Waals surface area contributed by atoms with Crippen molar-refractivity contribution >= 4 is 0 Å². The van der Waals surface area contributed by atoms with Crippen LogP contribution in [0.25, 0.3) is 0 Å². The molecule has 0 aromatic carbocycles. The van der Waals surface area contributed by atoms with Crippen molar-refractivity contribution in [2.24, 2.45) is 0 Å². The van der Waals surface area contributed by atoms with Crippen molar-refractivity contribution in [3.8, 4) is 17.9 Å². The van der Waals surface area contributed by atoms with E-state index in [1.54, 1.807) is 0 Å². The molecule has 0 saturated carbocycles. The molecule has 0 aliphatic heterocycles. The summed E-state index contributed by atoms with van der Waals surface area (Å²) >= 11 is 0. The van der Waals surface area contributed by atoms with Gasteiger partial charge in [-0.25, -0.2) is 0 Å². The number of nitrogens with zero attached hydrogens (tertiary/aromatic N) is 1. The Bertz CT molecular complexity index is 277. The fourth-order valence-electron chi connectivity index (χ4n) is 1.27. The van der Waals surface area contributed by atoms with E-state index < -0.39 is 5.60 Å². The molecule has 0 aliphatic rings. The Balaban J connectivity index is 4.04. The van der Waals surface area contributed by atoms with Gasteiger partial charge in [-0.2, -0.15) is 5.26 Å². The van der Waals surface area contributed by atoms with Crippen LogP contribution in [-0.2, 0) is 4.74 Å². The van der Waals surface area contributed by atoms with Crippen LogP contribution < -0.4 is 4.90 Å². The molecule has 0 saturated heterocycles. The summed E-state index contributed by atoms with van der Waals surface area (Å²) in [5.74, 6) is 6.27. The summed E-state index contributed by atoms with van der Waals surface area (Å²) in [6.45, 7) is 11.7. The van der Waals surface area contributed by atoms with E-state index in [9.17, 15) is 0 Å². The van der Waals surface area contributed by atoms with Crippen LogP contribution in [0.5, 0.6) is 0 Å². The predicted octanol–water partition coefficient (Wildman–Crippen LogP) is 0.623. The first-order valence-electron chi connectivity index (χ1n) is 5.90. The van der Waals surface area contributed by atoms with Crippen molar-refractivity contribution in [1.29, 1.82) is 5.26 Å². The molecule has 0 aromatic heterocycles. The van der Waals surface area contributed by atoms with Gasteiger partial charge < -0.3 is 9.64 Å². The van der Waals surface area contributed by atoms with E-state index in [1.807, 2.05) is 13.8 Å². The molecule has 0 fully saturated rings. The first-order chi connectivity index (χ1) is 7.55. The summed E-state index contributed by atoms with van der Waals surface area (Å²) in [6, 6.07) is 2.06. The van der Waals surface area contributed by atoms with Crippen molar-refractivity contribution in [3.63, 3.8) is 0 Å². The Morgan fingerprint density at radius 2 is 1.88 bits per heavy atom. The molecule has 0 heterocycles. The van der Waals surface area contributed by atoms with Crippen molar-refractivity contribution in [2.45, 2.75) is 39.7 Å². The van der Waals surface area contributed by atoms with Gasteiger partial charge in [0.25, 0.3) is 0 Å². The van der Waals surface area contributed by atoms with Gasteiger partial charge in [0.05, 0.1) is 32.2 Å². The Labute approximate surface area is 99.4 Å². The molecule has 0 radical (unpaired) electrons. The maximum absolute atomic E-state index is 8.41. The van der Waals surface area contributed by atoms with Gasteiger partial charge in [0.2, 0.25) is 0 Å². The molecular weight excluding hydrogens is 200 g/mol. The highest BCUT2D eigenvalue weighted by Gasteiger charge is 2.13. The fourth-order valence-corrected chi connectivity index (χ4v) is 1.27. The highest BCUT2D eigenvalue weighted by molar-refractivity contribution is 5.11. The molecule has 90 valence electrons. The highest BCUT2D eigenvalue weighted by Crippen LogP contribution is 2.06. The van der Waals surface area contributed by atoms with Gasteiger partial charge in [0, 0.05) is 0 Å². The minimum atomic E-state index is -0.441. The second-order valence-corrected chi connectivity index (χ2v) is 4.20. The zero-order chi connectivity index (χ0) is 12.4. The lowest BCUT2D eigenvalue weighted by molar-refractivity contribution is -0.889. The summed E-state index contributed by atoms with van der Waals surface area (Å²) in [5, 5.41) is 8.41. The lowest BCUT2D eigenvalue weighted by Gasteiger charge is -2.18. The van der Waals surface area contributed by atoms with Crippen LogP contribution in [0.4, 0.5) is 0 Å². The number of nitriles is 1. The van der Waals surface area contributed by atoms with Crippen LogP contribution >= 0.6 is 0 Å². The number of rotatable bonds is 6. The van der Waals surface area contributed by atoms with E-state index in [0.717, 1.165) is 19.6 Å². The third-order valence-electron chi connectivity index (χ3n) is 2.40. The quantitative estimate of drug-likeness (QED) is 0.529. The zero-order valence-corrected chi connectivity index (χ0v) is 10.9. The first-order valence-corrected chi connectivity index (χ1v) is 5.90. The van der Waals surface area contributed by atoms with Crippen molar-refractivity contribution in [3.05, 3.63) is 0 Å². The van der Waals surface area contributed by atoms with Crippen LogP contribution in [0.3, 0.4) is 0 Å². The lowest BCUT2D eigenvalue weighted by atomic mass is 10.1. The number of ether oxygens (including phenoxy) is 1. The standard InChI is InChI=1S/C13H22N2O/c1-5-15(6-2)11-7-9-13(3,4)16-12-8-10-14/h5-6,8,11-12H2,1-4H3/p+1. The molecule has 0 spiro atoms. The average molecular weight is 223 g/mol. The van der Waals surface area contributed by atoms with Gasteiger partial charge in [0.1, 0.15) is 12.1 Å². The van der Waals surface area contributed by atoms with Crippen molar-refractivity contribution in [2.75, 3.05) is 26.2 Å². The fraction of sp³-hybridized carbons (Fsp3) is 0.769. The molecule has 3 nitrogen and oxygen atoms in total. The number of nitrogens with one attached hydrogen (secondary N) is 1. The molecule has 0 atom stereocenters. The smallest absolute Gasteiger partial charge is 0.139 e. The molecule has 0 rings (SSSR count). The Kier molecular flexibility index (Phi) is 7.64. The maximum atomic E-state index is 8.41. The summed E-state index contributed by atoms with van der Waals surface area (Å²) in [6.07, 6.45) is 0.423. The summed E-state index contributed by atoms with van der Waals surface area (Å²) in [5.41, 5.74) is -0.441. The van der Waals surface area contributed by atoms with E-state index in [0.29, 0.717) is 13.0 Å². The Morgan fingerprint density at radius 1 is 1.25 bits per heavy atom. The normalized spacial score (nSPS) is 10.8. The Morgan fingerprint density at radius 3 is 2.38 bits per heavy atom.